The van der Waals surface area contributed by atoms with Gasteiger partial charge in [0.05, 0.1) is 5.02 Å². The summed E-state index contributed by atoms with van der Waals surface area (Å²) in [7, 11) is 0. The van der Waals surface area contributed by atoms with Crippen molar-refractivity contribution in [1.82, 2.24) is 10.6 Å². The molecule has 0 spiro atoms. The van der Waals surface area contributed by atoms with Crippen LogP contribution in [-0.2, 0) is 0 Å². The van der Waals surface area contributed by atoms with E-state index in [-0.39, 0.29) is 11.4 Å². The summed E-state index contributed by atoms with van der Waals surface area (Å²) in [5, 5.41) is 7.02. The van der Waals surface area contributed by atoms with E-state index >= 15 is 0 Å². The van der Waals surface area contributed by atoms with Crippen LogP contribution >= 0.6 is 27.5 Å². The molecule has 2 rings (SSSR count). The highest BCUT2D eigenvalue weighted by molar-refractivity contribution is 9.10. The number of piperidine rings is 1. The van der Waals surface area contributed by atoms with Crippen molar-refractivity contribution in [3.8, 4) is 0 Å². The molecule has 0 saturated carbocycles. The molecule has 1 amide bonds. The maximum atomic E-state index is 12.2. The molecule has 98 valence electrons. The summed E-state index contributed by atoms with van der Waals surface area (Å²) in [6.07, 6.45) is 1.90. The lowest BCUT2D eigenvalue weighted by molar-refractivity contribution is 0.0887. The molecule has 1 fully saturated rings. The maximum Gasteiger partial charge on any atom is 0.251 e. The van der Waals surface area contributed by atoms with Crippen LogP contribution in [0.15, 0.2) is 22.7 Å². The van der Waals surface area contributed by atoms with Gasteiger partial charge in [0.15, 0.2) is 0 Å². The van der Waals surface area contributed by atoms with Gasteiger partial charge in [0.25, 0.3) is 5.91 Å². The summed E-state index contributed by atoms with van der Waals surface area (Å²) >= 11 is 9.25. The van der Waals surface area contributed by atoms with Crippen molar-refractivity contribution in [3.05, 3.63) is 33.3 Å². The van der Waals surface area contributed by atoms with Gasteiger partial charge in [-0.3, -0.25) is 4.79 Å². The number of hydrogen-bond acceptors (Lipinski definition) is 2. The predicted molar refractivity (Wildman–Crippen MR) is 77.1 cm³/mol. The monoisotopic (exact) mass is 330 g/mol. The molecular formula is C13H16BrClN2O. The van der Waals surface area contributed by atoms with Crippen LogP contribution in [0.25, 0.3) is 0 Å². The molecule has 1 aromatic rings. The van der Waals surface area contributed by atoms with Crippen molar-refractivity contribution >= 4 is 33.4 Å². The van der Waals surface area contributed by atoms with Gasteiger partial charge in [-0.15, -0.1) is 0 Å². The van der Waals surface area contributed by atoms with Gasteiger partial charge in [-0.2, -0.15) is 0 Å². The van der Waals surface area contributed by atoms with Crippen molar-refractivity contribution in [2.24, 2.45) is 0 Å². The molecule has 3 nitrogen and oxygen atoms in total. The Hall–Kier alpha value is -0.580. The van der Waals surface area contributed by atoms with Crippen LogP contribution in [0.2, 0.25) is 5.02 Å². The average Bonchev–Trinajstić information content (AvgIpc) is 2.33. The third-order valence-electron chi connectivity index (χ3n) is 3.30. The van der Waals surface area contributed by atoms with Crippen LogP contribution < -0.4 is 10.6 Å². The number of hydrogen-bond donors (Lipinski definition) is 2. The van der Waals surface area contributed by atoms with Gasteiger partial charge < -0.3 is 10.6 Å². The topological polar surface area (TPSA) is 41.1 Å². The van der Waals surface area contributed by atoms with E-state index in [2.05, 4.69) is 33.5 Å². The Bertz CT molecular complexity index is 458. The summed E-state index contributed by atoms with van der Waals surface area (Å²) in [6, 6.07) is 5.22. The first-order chi connectivity index (χ1) is 8.50. The Balaban J connectivity index is 2.09. The van der Waals surface area contributed by atoms with E-state index in [1.165, 1.54) is 0 Å². The molecule has 1 saturated heterocycles. The highest BCUT2D eigenvalue weighted by Crippen LogP contribution is 2.24. The summed E-state index contributed by atoms with van der Waals surface area (Å²) < 4.78 is 0.743. The molecule has 1 aliphatic rings. The third-order valence-corrected chi connectivity index (χ3v) is 4.52. The molecule has 0 unspecified atom stereocenters. The van der Waals surface area contributed by atoms with Crippen LogP contribution in [0.1, 0.15) is 30.1 Å². The zero-order valence-corrected chi connectivity index (χ0v) is 12.6. The normalized spacial score (nSPS) is 18.4. The van der Waals surface area contributed by atoms with Crippen LogP contribution in [0.5, 0.6) is 0 Å². The number of carbonyl (C=O) groups is 1. The minimum absolute atomic E-state index is 0.0447. The van der Waals surface area contributed by atoms with E-state index in [4.69, 9.17) is 11.6 Å². The zero-order chi connectivity index (χ0) is 13.2. The van der Waals surface area contributed by atoms with Gasteiger partial charge in [-0.1, -0.05) is 11.6 Å². The molecule has 1 heterocycles. The van der Waals surface area contributed by atoms with E-state index < -0.39 is 0 Å². The van der Waals surface area contributed by atoms with Gasteiger partial charge in [-0.25, -0.2) is 0 Å². The highest BCUT2D eigenvalue weighted by atomic mass is 79.9. The quantitative estimate of drug-likeness (QED) is 0.875. The molecule has 1 aliphatic heterocycles. The van der Waals surface area contributed by atoms with Gasteiger partial charge in [-0.05, 0) is 67.0 Å². The fraction of sp³-hybridized carbons (Fsp3) is 0.462. The number of halogens is 2. The molecule has 0 radical (unpaired) electrons. The van der Waals surface area contributed by atoms with Gasteiger partial charge >= 0.3 is 0 Å². The lowest BCUT2D eigenvalue weighted by Gasteiger charge is -2.35. The fourth-order valence-electron chi connectivity index (χ4n) is 2.09. The fourth-order valence-corrected chi connectivity index (χ4v) is 2.58. The van der Waals surface area contributed by atoms with Crippen LogP contribution in [-0.4, -0.2) is 24.5 Å². The van der Waals surface area contributed by atoms with Crippen molar-refractivity contribution in [3.63, 3.8) is 0 Å². The minimum atomic E-state index is -0.117. The number of nitrogens with one attached hydrogen (secondary N) is 2. The van der Waals surface area contributed by atoms with Crippen LogP contribution in [0, 0.1) is 0 Å². The molecule has 1 aromatic carbocycles. The first-order valence-electron chi connectivity index (χ1n) is 5.98. The molecule has 5 heteroatoms. The Labute approximate surface area is 120 Å². The molecular weight excluding hydrogens is 316 g/mol. The smallest absolute Gasteiger partial charge is 0.251 e. The predicted octanol–water partition coefficient (Wildman–Crippen LogP) is 2.97. The first-order valence-corrected chi connectivity index (χ1v) is 7.16. The van der Waals surface area contributed by atoms with Gasteiger partial charge in [0.2, 0.25) is 0 Å². The summed E-state index contributed by atoms with van der Waals surface area (Å²) in [5.74, 6) is -0.0447. The summed E-state index contributed by atoms with van der Waals surface area (Å²) in [5.41, 5.74) is 0.514. The third kappa shape index (κ3) is 3.25. The molecule has 0 aromatic heterocycles. The molecule has 18 heavy (non-hydrogen) atoms. The maximum absolute atomic E-state index is 12.2. The van der Waals surface area contributed by atoms with Crippen LogP contribution in [0.4, 0.5) is 0 Å². The van der Waals surface area contributed by atoms with E-state index in [0.29, 0.717) is 10.6 Å². The number of carbonyl (C=O) groups excluding carboxylic acids is 1. The SMILES string of the molecule is CC1(NC(=O)c2ccc(Cl)c(Br)c2)CCNCC1. The Kier molecular flexibility index (Phi) is 4.30. The second-order valence-corrected chi connectivity index (χ2v) is 6.16. The van der Waals surface area contributed by atoms with Gasteiger partial charge in [0.1, 0.15) is 0 Å². The number of rotatable bonds is 2. The highest BCUT2D eigenvalue weighted by Gasteiger charge is 2.28. The van der Waals surface area contributed by atoms with Crippen molar-refractivity contribution < 1.29 is 4.79 Å². The average molecular weight is 332 g/mol. The van der Waals surface area contributed by atoms with E-state index in [0.717, 1.165) is 30.4 Å². The number of benzene rings is 1. The largest absolute Gasteiger partial charge is 0.347 e. The van der Waals surface area contributed by atoms with E-state index in [9.17, 15) is 4.79 Å². The standard InChI is InChI=1S/C13H16BrClN2O/c1-13(4-6-16-7-5-13)17-12(18)9-2-3-11(15)10(14)8-9/h2-3,8,16H,4-7H2,1H3,(H,17,18). The lowest BCUT2D eigenvalue weighted by Crippen LogP contribution is -2.52. The first kappa shape index (κ1) is 13.8. The molecule has 0 atom stereocenters. The Morgan fingerprint density at radius 2 is 2.11 bits per heavy atom. The van der Waals surface area contributed by atoms with Crippen molar-refractivity contribution in [1.29, 1.82) is 0 Å². The van der Waals surface area contributed by atoms with E-state index in [1.807, 2.05) is 0 Å². The Morgan fingerprint density at radius 1 is 1.44 bits per heavy atom. The second-order valence-electron chi connectivity index (χ2n) is 4.89. The number of amides is 1. The second kappa shape index (κ2) is 5.59. The Morgan fingerprint density at radius 3 is 2.72 bits per heavy atom. The van der Waals surface area contributed by atoms with Crippen molar-refractivity contribution in [2.45, 2.75) is 25.3 Å². The zero-order valence-electron chi connectivity index (χ0n) is 10.2. The molecule has 0 bridgehead atoms. The summed E-state index contributed by atoms with van der Waals surface area (Å²) in [4.78, 5) is 12.2. The molecule has 2 N–H and O–H groups in total. The molecule has 0 aliphatic carbocycles. The van der Waals surface area contributed by atoms with E-state index in [1.54, 1.807) is 18.2 Å². The lowest BCUT2D eigenvalue weighted by atomic mass is 9.90. The summed E-state index contributed by atoms with van der Waals surface area (Å²) in [6.45, 7) is 3.99. The van der Waals surface area contributed by atoms with Gasteiger partial charge in [0, 0.05) is 15.6 Å². The van der Waals surface area contributed by atoms with Crippen molar-refractivity contribution in [2.75, 3.05) is 13.1 Å². The minimum Gasteiger partial charge on any atom is -0.347 e. The van der Waals surface area contributed by atoms with Crippen LogP contribution in [0.3, 0.4) is 0 Å².